The topological polar surface area (TPSA) is 60.7 Å². The fraction of sp³-hybridized carbons (Fsp3) is 1.00. The Morgan fingerprint density at radius 2 is 1.20 bits per heavy atom. The van der Waals surface area contributed by atoms with E-state index in [2.05, 4.69) is 0 Å². The summed E-state index contributed by atoms with van der Waals surface area (Å²) in [5.74, 6) is 0. The minimum Gasteiger partial charge on any atom is -1.00 e. The zero-order chi connectivity index (χ0) is 3.58. The molecule has 0 radical (unpaired) electrons. The van der Waals surface area contributed by atoms with Crippen LogP contribution < -0.4 is 29.6 Å². The van der Waals surface area contributed by atoms with Crippen LogP contribution in [0.2, 0.25) is 0 Å². The van der Waals surface area contributed by atoms with E-state index in [1.54, 1.807) is 0 Å². The molecule has 0 aliphatic heterocycles. The molecule has 0 aromatic rings. The summed E-state index contributed by atoms with van der Waals surface area (Å²) in [6.07, 6.45) is 0. The molecule has 0 amide bonds. The molecule has 0 rings (SSSR count). The zero-order valence-electron chi connectivity index (χ0n) is 3.92. The largest absolute Gasteiger partial charge is 1.00 e. The van der Waals surface area contributed by atoms with E-state index in [1.165, 1.54) is 0 Å². The van der Waals surface area contributed by atoms with Gasteiger partial charge in [0, 0.05) is 0 Å². The quantitative estimate of drug-likeness (QED) is 0.206. The Labute approximate surface area is 53.0 Å². The summed E-state index contributed by atoms with van der Waals surface area (Å²) in [6, 6.07) is 0. The molecule has 28 valence electrons. The average Bonchev–Trinajstić information content (AvgIpc) is 0.811. The first-order valence-electron chi connectivity index (χ1n) is 0.775. The van der Waals surface area contributed by atoms with Crippen LogP contribution in [-0.2, 0) is 0 Å². The standard InChI is InChI=1S/CH4O3.Na.H/c2-1(3)4;;/h1-4H;;/q;+1;-1. The minimum atomic E-state index is -2.17. The van der Waals surface area contributed by atoms with Crippen LogP contribution >= 0.6 is 0 Å². The normalized spacial score (nSPS) is 7.20. The summed E-state index contributed by atoms with van der Waals surface area (Å²) in [5.41, 5.74) is 0. The number of hydrogen-bond acceptors (Lipinski definition) is 3. The van der Waals surface area contributed by atoms with Gasteiger partial charge in [0.15, 0.2) is 0 Å². The van der Waals surface area contributed by atoms with Crippen molar-refractivity contribution in [3.63, 3.8) is 0 Å². The number of aliphatic hydroxyl groups excluding tert-OH is 1. The Kier molecular flexibility index (Phi) is 9.08. The molecular weight excluding hydrogens is 83.0 g/mol. The van der Waals surface area contributed by atoms with Crippen LogP contribution in [0.5, 0.6) is 0 Å². The molecule has 5 heavy (non-hydrogen) atoms. The molecule has 0 heterocycles. The minimum absolute atomic E-state index is 0. The maximum atomic E-state index is 7.17. The summed E-state index contributed by atoms with van der Waals surface area (Å²) in [5, 5.41) is 21.5. The molecule has 0 aliphatic rings. The van der Waals surface area contributed by atoms with Gasteiger partial charge in [-0.1, -0.05) is 0 Å². The molecule has 0 aromatic heterocycles. The van der Waals surface area contributed by atoms with Crippen LogP contribution in [-0.4, -0.2) is 21.8 Å². The van der Waals surface area contributed by atoms with E-state index >= 15 is 0 Å². The molecule has 0 aromatic carbocycles. The van der Waals surface area contributed by atoms with E-state index in [9.17, 15) is 0 Å². The monoisotopic (exact) mass is 88.0 g/mol. The van der Waals surface area contributed by atoms with Gasteiger partial charge >= 0.3 is 29.6 Å². The van der Waals surface area contributed by atoms with Gasteiger partial charge in [-0.3, -0.25) is 0 Å². The van der Waals surface area contributed by atoms with Crippen molar-refractivity contribution in [2.24, 2.45) is 0 Å². The molecule has 0 aliphatic carbocycles. The molecule has 0 saturated carbocycles. The van der Waals surface area contributed by atoms with Gasteiger partial charge in [-0.2, -0.15) is 0 Å². The molecule has 0 fully saturated rings. The Morgan fingerprint density at radius 3 is 1.20 bits per heavy atom. The van der Waals surface area contributed by atoms with Crippen molar-refractivity contribution >= 4 is 0 Å². The van der Waals surface area contributed by atoms with E-state index in [1.807, 2.05) is 0 Å². The van der Waals surface area contributed by atoms with E-state index in [0.29, 0.717) is 0 Å². The van der Waals surface area contributed by atoms with Gasteiger partial charge in [0.25, 0.3) is 6.48 Å². The van der Waals surface area contributed by atoms with Gasteiger partial charge in [0.05, 0.1) is 0 Å². The predicted molar refractivity (Wildman–Crippen MR) is 11.6 cm³/mol. The van der Waals surface area contributed by atoms with Gasteiger partial charge in [-0.15, -0.1) is 0 Å². The van der Waals surface area contributed by atoms with Crippen LogP contribution in [0.3, 0.4) is 0 Å². The first-order valence-corrected chi connectivity index (χ1v) is 0.775. The van der Waals surface area contributed by atoms with Gasteiger partial charge in [0.2, 0.25) is 0 Å². The van der Waals surface area contributed by atoms with Crippen LogP contribution in [0.25, 0.3) is 0 Å². The van der Waals surface area contributed by atoms with E-state index in [0.717, 1.165) is 0 Å². The molecule has 0 unspecified atom stereocenters. The molecular formula is CH5NaO3. The van der Waals surface area contributed by atoms with Crippen LogP contribution in [0, 0.1) is 0 Å². The fourth-order valence-electron chi connectivity index (χ4n) is 0. The van der Waals surface area contributed by atoms with Gasteiger partial charge in [-0.05, 0) is 0 Å². The summed E-state index contributed by atoms with van der Waals surface area (Å²) >= 11 is 0. The van der Waals surface area contributed by atoms with Crippen molar-refractivity contribution < 1.29 is 46.3 Å². The van der Waals surface area contributed by atoms with Crippen LogP contribution in [0.4, 0.5) is 0 Å². The SMILES string of the molecule is OC(O)O.[H-].[Na+]. The van der Waals surface area contributed by atoms with Crippen LogP contribution in [0.1, 0.15) is 1.43 Å². The van der Waals surface area contributed by atoms with Gasteiger partial charge in [-0.25, -0.2) is 0 Å². The fourth-order valence-corrected chi connectivity index (χ4v) is 0. The third-order valence-electron chi connectivity index (χ3n) is 0. The van der Waals surface area contributed by atoms with Crippen molar-refractivity contribution in [3.05, 3.63) is 0 Å². The number of rotatable bonds is 0. The van der Waals surface area contributed by atoms with Crippen LogP contribution in [0.15, 0.2) is 0 Å². The first kappa shape index (κ1) is 9.30. The molecule has 0 atom stereocenters. The van der Waals surface area contributed by atoms with Gasteiger partial charge < -0.3 is 16.7 Å². The Bertz CT molecular complexity index is 15.5. The second-order valence-corrected chi connectivity index (χ2v) is 0.346. The summed E-state index contributed by atoms with van der Waals surface area (Å²) < 4.78 is 0. The Balaban J connectivity index is -0.0000000450. The smallest absolute Gasteiger partial charge is 1.00 e. The number of hydrogen-bond donors (Lipinski definition) is 3. The van der Waals surface area contributed by atoms with E-state index in [-0.39, 0.29) is 31.0 Å². The van der Waals surface area contributed by atoms with Crippen molar-refractivity contribution in [3.8, 4) is 0 Å². The second kappa shape index (κ2) is 4.88. The van der Waals surface area contributed by atoms with E-state index < -0.39 is 6.48 Å². The van der Waals surface area contributed by atoms with Gasteiger partial charge in [0.1, 0.15) is 0 Å². The average molecular weight is 88.0 g/mol. The molecule has 0 spiro atoms. The van der Waals surface area contributed by atoms with Crippen molar-refractivity contribution in [2.75, 3.05) is 0 Å². The molecule has 3 N–H and O–H groups in total. The number of aliphatic hydroxyl groups is 3. The third kappa shape index (κ3) is 52.3. The summed E-state index contributed by atoms with van der Waals surface area (Å²) in [7, 11) is 0. The molecule has 0 saturated heterocycles. The summed E-state index contributed by atoms with van der Waals surface area (Å²) in [4.78, 5) is 0. The first-order chi connectivity index (χ1) is 1.73. The second-order valence-electron chi connectivity index (χ2n) is 0.346. The molecule has 3 nitrogen and oxygen atoms in total. The molecule has 4 heteroatoms. The molecule has 0 bridgehead atoms. The Hall–Kier alpha value is 0.880. The summed E-state index contributed by atoms with van der Waals surface area (Å²) in [6.45, 7) is -2.17. The predicted octanol–water partition coefficient (Wildman–Crippen LogP) is -4.64. The zero-order valence-corrected chi connectivity index (χ0v) is 4.92. The van der Waals surface area contributed by atoms with Crippen molar-refractivity contribution in [1.82, 2.24) is 0 Å². The third-order valence-corrected chi connectivity index (χ3v) is 0. The van der Waals surface area contributed by atoms with E-state index in [4.69, 9.17) is 15.3 Å². The van der Waals surface area contributed by atoms with Crippen molar-refractivity contribution in [2.45, 2.75) is 6.48 Å². The Morgan fingerprint density at radius 1 is 1.20 bits per heavy atom. The maximum absolute atomic E-state index is 7.17. The van der Waals surface area contributed by atoms with Crippen molar-refractivity contribution in [1.29, 1.82) is 0 Å². The maximum Gasteiger partial charge on any atom is 1.00 e.